The van der Waals surface area contributed by atoms with Crippen molar-refractivity contribution in [2.45, 2.75) is 48.7 Å². The van der Waals surface area contributed by atoms with Crippen LogP contribution in [0.25, 0.3) is 0 Å². The number of thioether (sulfide) groups is 1. The van der Waals surface area contributed by atoms with Gasteiger partial charge in [0.1, 0.15) is 11.7 Å². The van der Waals surface area contributed by atoms with Crippen LogP contribution in [0.15, 0.2) is 143 Å². The summed E-state index contributed by atoms with van der Waals surface area (Å²) in [6.07, 6.45) is 0.756. The minimum absolute atomic E-state index is 0.0640. The zero-order chi connectivity index (χ0) is 37.1. The van der Waals surface area contributed by atoms with Crippen LogP contribution in [0.4, 0.5) is 10.5 Å². The largest absolute Gasteiger partial charge is 0.453 e. The lowest BCUT2D eigenvalue weighted by atomic mass is 9.84. The van der Waals surface area contributed by atoms with Crippen molar-refractivity contribution in [1.29, 1.82) is 0 Å². The number of aromatic nitrogens is 1. The summed E-state index contributed by atoms with van der Waals surface area (Å²) in [5, 5.41) is 7.66. The molecule has 0 unspecified atom stereocenters. The number of anilines is 1. The van der Waals surface area contributed by atoms with Crippen molar-refractivity contribution in [2.24, 2.45) is 5.73 Å². The molecule has 2 amide bonds. The second-order valence-corrected chi connectivity index (χ2v) is 18.9. The number of carbonyl (C=O) groups is 2. The molecule has 0 spiro atoms. The topological polar surface area (TPSA) is 136 Å². The minimum atomic E-state index is -2.80. The Morgan fingerprint density at radius 1 is 0.808 bits per heavy atom. The quantitative estimate of drug-likeness (QED) is 0.0829. The molecule has 2 atom stereocenters. The van der Waals surface area contributed by atoms with Gasteiger partial charge in [-0.05, 0) is 32.6 Å². The second kappa shape index (κ2) is 17.5. The monoisotopic (exact) mass is 734 g/mol. The highest BCUT2D eigenvalue weighted by molar-refractivity contribution is 7.99. The Labute approximate surface area is 310 Å². The summed E-state index contributed by atoms with van der Waals surface area (Å²) in [7, 11) is -1.57. The standard InChI is InChI=1S/C41H46N4O5SSi/c1-41(2,3)52(32-21-13-7-14-22-32,33-23-15-8-16-24-33)50-27-31(42)28-51-34-25-26-43-38(46)36(34)44-39(47)37(45-40(48)49-4)35(29-17-9-5-10-18-29)30-19-11-6-12-20-30/h5-26,31,35,37H,27-28,42H2,1-4H3,(H,43,46)(H,44,47)(H,45,48)/t31-,37+/m1/s1. The molecule has 11 heteroatoms. The maximum absolute atomic E-state index is 14.2. The number of amides is 2. The van der Waals surface area contributed by atoms with Crippen LogP contribution in [0.3, 0.4) is 0 Å². The fourth-order valence-corrected chi connectivity index (χ4v) is 12.1. The number of hydrogen-bond acceptors (Lipinski definition) is 7. The van der Waals surface area contributed by atoms with Gasteiger partial charge in [0, 0.05) is 28.8 Å². The molecule has 0 bridgehead atoms. The van der Waals surface area contributed by atoms with Gasteiger partial charge in [-0.25, -0.2) is 4.79 Å². The molecular formula is C41H46N4O5SSi. The van der Waals surface area contributed by atoms with Crippen molar-refractivity contribution in [3.8, 4) is 0 Å². The van der Waals surface area contributed by atoms with Crippen LogP contribution in [0, 0.1) is 0 Å². The third kappa shape index (κ3) is 8.91. The van der Waals surface area contributed by atoms with E-state index in [9.17, 15) is 14.4 Å². The Balaban J connectivity index is 1.38. The molecule has 4 aromatic carbocycles. The molecule has 0 aliphatic heterocycles. The van der Waals surface area contributed by atoms with Gasteiger partial charge in [-0.2, -0.15) is 0 Å². The lowest BCUT2D eigenvalue weighted by Gasteiger charge is -2.43. The molecule has 5 rings (SSSR count). The molecule has 1 aromatic heterocycles. The van der Waals surface area contributed by atoms with Gasteiger partial charge in [0.2, 0.25) is 5.91 Å². The highest BCUT2D eigenvalue weighted by atomic mass is 32.2. The van der Waals surface area contributed by atoms with E-state index in [0.717, 1.165) is 21.5 Å². The van der Waals surface area contributed by atoms with Gasteiger partial charge in [0.15, 0.2) is 0 Å². The SMILES string of the molecule is COC(=O)N[C@H](C(=O)Nc1c(SC[C@H](N)CO[Si](c2ccccc2)(c2ccccc2)C(C)(C)C)cc[nH]c1=O)C(c1ccccc1)c1ccccc1. The van der Waals surface area contributed by atoms with Gasteiger partial charge < -0.3 is 30.5 Å². The fraction of sp³-hybridized carbons (Fsp3) is 0.244. The number of ether oxygens (including phenoxy) is 1. The van der Waals surface area contributed by atoms with Crippen LogP contribution in [-0.4, -0.2) is 56.9 Å². The molecule has 0 radical (unpaired) electrons. The second-order valence-electron chi connectivity index (χ2n) is 13.5. The van der Waals surface area contributed by atoms with E-state index in [1.54, 1.807) is 6.07 Å². The van der Waals surface area contributed by atoms with Crippen LogP contribution in [-0.2, 0) is 14.0 Å². The average Bonchev–Trinajstić information content (AvgIpc) is 3.16. The zero-order valence-corrected chi connectivity index (χ0v) is 31.7. The molecular weight excluding hydrogens is 689 g/mol. The van der Waals surface area contributed by atoms with Gasteiger partial charge in [0.05, 0.1) is 13.7 Å². The van der Waals surface area contributed by atoms with Crippen molar-refractivity contribution >= 4 is 48.1 Å². The van der Waals surface area contributed by atoms with Crippen LogP contribution in [0.1, 0.15) is 37.8 Å². The van der Waals surface area contributed by atoms with E-state index >= 15 is 0 Å². The highest BCUT2D eigenvalue weighted by Crippen LogP contribution is 2.37. The molecule has 0 fully saturated rings. The lowest BCUT2D eigenvalue weighted by molar-refractivity contribution is -0.118. The van der Waals surface area contributed by atoms with Crippen molar-refractivity contribution in [1.82, 2.24) is 10.3 Å². The maximum atomic E-state index is 14.2. The van der Waals surface area contributed by atoms with E-state index in [4.69, 9.17) is 14.9 Å². The van der Waals surface area contributed by atoms with Crippen LogP contribution < -0.4 is 32.3 Å². The first kappa shape index (κ1) is 38.3. The molecule has 0 aliphatic rings. The van der Waals surface area contributed by atoms with E-state index in [2.05, 4.69) is 60.7 Å². The van der Waals surface area contributed by atoms with Crippen LogP contribution in [0.5, 0.6) is 0 Å². The predicted molar refractivity (Wildman–Crippen MR) is 212 cm³/mol. The number of methoxy groups -OCH3 is 1. The minimum Gasteiger partial charge on any atom is -0.453 e. The molecule has 0 saturated carbocycles. The number of H-pyrrole nitrogens is 1. The fourth-order valence-electron chi connectivity index (χ4n) is 6.52. The van der Waals surface area contributed by atoms with Gasteiger partial charge in [-0.3, -0.25) is 9.59 Å². The average molecular weight is 735 g/mol. The lowest BCUT2D eigenvalue weighted by Crippen LogP contribution is -2.67. The number of aromatic amines is 1. The molecule has 0 aliphatic carbocycles. The van der Waals surface area contributed by atoms with Gasteiger partial charge in [0.25, 0.3) is 13.9 Å². The van der Waals surface area contributed by atoms with Gasteiger partial charge in [-0.1, -0.05) is 142 Å². The number of nitrogens with one attached hydrogen (secondary N) is 3. The Kier molecular flexibility index (Phi) is 12.9. The van der Waals surface area contributed by atoms with E-state index in [1.807, 2.05) is 97.1 Å². The van der Waals surface area contributed by atoms with E-state index in [0.29, 0.717) is 10.6 Å². The Hall–Kier alpha value is -4.94. The number of alkyl carbamates (subject to hydrolysis) is 1. The molecule has 270 valence electrons. The molecule has 5 N–H and O–H groups in total. The maximum Gasteiger partial charge on any atom is 0.407 e. The molecule has 1 heterocycles. The predicted octanol–water partition coefficient (Wildman–Crippen LogP) is 5.87. The zero-order valence-electron chi connectivity index (χ0n) is 29.9. The Morgan fingerprint density at radius 3 is 1.79 bits per heavy atom. The van der Waals surface area contributed by atoms with E-state index in [-0.39, 0.29) is 17.3 Å². The third-order valence-electron chi connectivity index (χ3n) is 8.95. The summed E-state index contributed by atoms with van der Waals surface area (Å²) in [6, 6.07) is 39.8. The summed E-state index contributed by atoms with van der Waals surface area (Å²) in [4.78, 5) is 43.3. The normalized spacial score (nSPS) is 12.9. The number of pyridine rings is 1. The van der Waals surface area contributed by atoms with Gasteiger partial charge >= 0.3 is 6.09 Å². The first-order chi connectivity index (χ1) is 25.0. The van der Waals surface area contributed by atoms with Crippen molar-refractivity contribution in [3.05, 3.63) is 155 Å². The van der Waals surface area contributed by atoms with Crippen molar-refractivity contribution in [2.75, 3.05) is 24.8 Å². The van der Waals surface area contributed by atoms with Crippen molar-refractivity contribution in [3.63, 3.8) is 0 Å². The van der Waals surface area contributed by atoms with Crippen molar-refractivity contribution < 1.29 is 18.8 Å². The number of nitrogens with two attached hydrogens (primary N) is 1. The molecule has 5 aromatic rings. The first-order valence-electron chi connectivity index (χ1n) is 17.2. The summed E-state index contributed by atoms with van der Waals surface area (Å²) in [6.45, 7) is 6.93. The van der Waals surface area contributed by atoms with E-state index in [1.165, 1.54) is 25.1 Å². The number of rotatable bonds is 14. The number of benzene rings is 4. The van der Waals surface area contributed by atoms with Gasteiger partial charge in [-0.15, -0.1) is 11.8 Å². The van der Waals surface area contributed by atoms with Crippen LogP contribution in [0.2, 0.25) is 5.04 Å². The summed E-state index contributed by atoms with van der Waals surface area (Å²) in [5.41, 5.74) is 7.93. The van der Waals surface area contributed by atoms with Crippen LogP contribution >= 0.6 is 11.8 Å². The Morgan fingerprint density at radius 2 is 1.31 bits per heavy atom. The Bertz CT molecular complexity index is 1880. The number of carbonyl (C=O) groups excluding carboxylic acids is 2. The third-order valence-corrected chi connectivity index (χ3v) is 15.2. The smallest absolute Gasteiger partial charge is 0.407 e. The highest BCUT2D eigenvalue weighted by Gasteiger charge is 2.50. The van der Waals surface area contributed by atoms with E-state index < -0.39 is 43.9 Å². The molecule has 52 heavy (non-hydrogen) atoms. The first-order valence-corrected chi connectivity index (χ1v) is 20.0. The molecule has 0 saturated heterocycles. The molecule has 9 nitrogen and oxygen atoms in total. The summed E-state index contributed by atoms with van der Waals surface area (Å²) < 4.78 is 11.9. The number of hydrogen-bond donors (Lipinski definition) is 4. The summed E-state index contributed by atoms with van der Waals surface area (Å²) >= 11 is 1.36. The summed E-state index contributed by atoms with van der Waals surface area (Å²) in [5.74, 6) is -0.765.